The Morgan fingerprint density at radius 2 is 1.74 bits per heavy atom. The number of hydrogen-bond donors (Lipinski definition) is 3. The lowest BCUT2D eigenvalue weighted by atomic mass is 9.95. The lowest BCUT2D eigenvalue weighted by Gasteiger charge is -2.35. The SMILES string of the molecule is CCC(C)C(NC(=O)OC(C)(C)C)C(=O)N(CCO)C(C(=O)Nc1ccc(OC)cc1)c1cccc(C)c1. The molecule has 0 heterocycles. The van der Waals surface area contributed by atoms with E-state index in [1.807, 2.05) is 39.0 Å². The third kappa shape index (κ3) is 8.76. The van der Waals surface area contributed by atoms with Gasteiger partial charge in [-0.05, 0) is 63.4 Å². The van der Waals surface area contributed by atoms with Crippen LogP contribution < -0.4 is 15.4 Å². The van der Waals surface area contributed by atoms with Crippen LogP contribution in [0.1, 0.15) is 58.2 Å². The molecule has 2 rings (SSSR count). The van der Waals surface area contributed by atoms with E-state index < -0.39 is 35.6 Å². The smallest absolute Gasteiger partial charge is 0.408 e. The van der Waals surface area contributed by atoms with Crippen molar-refractivity contribution in [3.8, 4) is 5.75 Å². The van der Waals surface area contributed by atoms with Crippen molar-refractivity contribution in [3.05, 3.63) is 59.7 Å². The number of nitrogens with one attached hydrogen (secondary N) is 2. The maximum absolute atomic E-state index is 14.0. The highest BCUT2D eigenvalue weighted by Gasteiger charge is 2.38. The van der Waals surface area contributed by atoms with Crippen molar-refractivity contribution >= 4 is 23.6 Å². The van der Waals surface area contributed by atoms with Gasteiger partial charge in [0.15, 0.2) is 0 Å². The van der Waals surface area contributed by atoms with Gasteiger partial charge in [0.25, 0.3) is 5.91 Å². The standard InChI is InChI=1S/C29H41N3O6/c1-8-20(3)24(31-28(36)38-29(4,5)6)27(35)32(16-17-33)25(21-11-9-10-19(2)18-21)26(34)30-22-12-14-23(37-7)15-13-22/h9-15,18,20,24-25,33H,8,16-17H2,1-7H3,(H,30,34)(H,31,36). The van der Waals surface area contributed by atoms with Crippen LogP contribution in [0.2, 0.25) is 0 Å². The number of carbonyl (C=O) groups excluding carboxylic acids is 3. The molecule has 0 radical (unpaired) electrons. The van der Waals surface area contributed by atoms with Gasteiger partial charge in [-0.25, -0.2) is 4.79 Å². The molecule has 3 N–H and O–H groups in total. The van der Waals surface area contributed by atoms with E-state index in [9.17, 15) is 19.5 Å². The molecule has 0 aromatic heterocycles. The zero-order valence-electron chi connectivity index (χ0n) is 23.4. The first-order valence-corrected chi connectivity index (χ1v) is 12.8. The summed E-state index contributed by atoms with van der Waals surface area (Å²) in [6.07, 6.45) is -0.137. The number of nitrogens with zero attached hydrogens (tertiary/aromatic N) is 1. The van der Waals surface area contributed by atoms with Gasteiger partial charge in [-0.3, -0.25) is 9.59 Å². The van der Waals surface area contributed by atoms with E-state index in [-0.39, 0.29) is 19.1 Å². The summed E-state index contributed by atoms with van der Waals surface area (Å²) in [5.74, 6) is -0.572. The van der Waals surface area contributed by atoms with Crippen molar-refractivity contribution in [1.29, 1.82) is 0 Å². The number of aliphatic hydroxyl groups is 1. The van der Waals surface area contributed by atoms with Gasteiger partial charge in [0, 0.05) is 12.2 Å². The summed E-state index contributed by atoms with van der Waals surface area (Å²) in [5, 5.41) is 15.5. The Morgan fingerprint density at radius 3 is 2.26 bits per heavy atom. The number of anilines is 1. The predicted octanol–water partition coefficient (Wildman–Crippen LogP) is 4.44. The van der Waals surface area contributed by atoms with Crippen molar-refractivity contribution < 1.29 is 29.0 Å². The summed E-state index contributed by atoms with van der Waals surface area (Å²) in [7, 11) is 1.55. The van der Waals surface area contributed by atoms with Crippen molar-refractivity contribution in [3.63, 3.8) is 0 Å². The van der Waals surface area contributed by atoms with Crippen molar-refractivity contribution in [1.82, 2.24) is 10.2 Å². The fourth-order valence-electron chi connectivity index (χ4n) is 3.97. The van der Waals surface area contributed by atoms with E-state index in [4.69, 9.17) is 9.47 Å². The number of alkyl carbamates (subject to hydrolysis) is 1. The fraction of sp³-hybridized carbons (Fsp3) is 0.483. The van der Waals surface area contributed by atoms with Gasteiger partial charge in [0.1, 0.15) is 23.4 Å². The molecule has 9 nitrogen and oxygen atoms in total. The quantitative estimate of drug-likeness (QED) is 0.398. The molecule has 0 fully saturated rings. The molecular formula is C29H41N3O6. The second kappa shape index (κ2) is 13.8. The summed E-state index contributed by atoms with van der Waals surface area (Å²) in [4.78, 5) is 41.7. The highest BCUT2D eigenvalue weighted by molar-refractivity contribution is 5.99. The first-order valence-electron chi connectivity index (χ1n) is 12.8. The van der Waals surface area contributed by atoms with Crippen molar-refractivity contribution in [2.75, 3.05) is 25.6 Å². The maximum Gasteiger partial charge on any atom is 0.408 e. The minimum absolute atomic E-state index is 0.115. The van der Waals surface area contributed by atoms with Crippen LogP contribution in [0.15, 0.2) is 48.5 Å². The first kappa shape index (κ1) is 30.6. The van der Waals surface area contributed by atoms with Crippen LogP contribution in [-0.2, 0) is 14.3 Å². The number of rotatable bonds is 11. The second-order valence-corrected chi connectivity index (χ2v) is 10.3. The third-order valence-electron chi connectivity index (χ3n) is 6.05. The summed E-state index contributed by atoms with van der Waals surface area (Å²) < 4.78 is 10.6. The largest absolute Gasteiger partial charge is 0.497 e. The number of amides is 3. The fourth-order valence-corrected chi connectivity index (χ4v) is 3.97. The number of methoxy groups -OCH3 is 1. The number of benzene rings is 2. The molecule has 0 aliphatic carbocycles. The van der Waals surface area contributed by atoms with E-state index in [1.165, 1.54) is 4.90 Å². The Kier molecular flexibility index (Phi) is 11.1. The van der Waals surface area contributed by atoms with Crippen LogP contribution in [0, 0.1) is 12.8 Å². The molecule has 0 aliphatic heterocycles. The van der Waals surface area contributed by atoms with Crippen LogP contribution in [0.4, 0.5) is 10.5 Å². The van der Waals surface area contributed by atoms with Crippen molar-refractivity contribution in [2.24, 2.45) is 5.92 Å². The topological polar surface area (TPSA) is 117 Å². The molecule has 2 aromatic carbocycles. The lowest BCUT2D eigenvalue weighted by Crippen LogP contribution is -2.55. The molecular weight excluding hydrogens is 486 g/mol. The lowest BCUT2D eigenvalue weighted by molar-refractivity contribution is -0.142. The molecule has 0 saturated heterocycles. The van der Waals surface area contributed by atoms with Crippen LogP contribution in [-0.4, -0.2) is 59.8 Å². The molecule has 38 heavy (non-hydrogen) atoms. The summed E-state index contributed by atoms with van der Waals surface area (Å²) in [6.45, 7) is 10.4. The van der Waals surface area contributed by atoms with Crippen LogP contribution in [0.5, 0.6) is 5.75 Å². The minimum Gasteiger partial charge on any atom is -0.497 e. The molecule has 9 heteroatoms. The average molecular weight is 528 g/mol. The molecule has 3 unspecified atom stereocenters. The zero-order chi connectivity index (χ0) is 28.5. The average Bonchev–Trinajstić information content (AvgIpc) is 2.85. The van der Waals surface area contributed by atoms with Gasteiger partial charge in [-0.1, -0.05) is 50.1 Å². The van der Waals surface area contributed by atoms with Gasteiger partial charge >= 0.3 is 6.09 Å². The van der Waals surface area contributed by atoms with Crippen LogP contribution in [0.3, 0.4) is 0 Å². The molecule has 0 aliphatic rings. The van der Waals surface area contributed by atoms with Crippen LogP contribution >= 0.6 is 0 Å². The molecule has 2 aromatic rings. The molecule has 0 spiro atoms. The highest BCUT2D eigenvalue weighted by atomic mass is 16.6. The Morgan fingerprint density at radius 1 is 1.08 bits per heavy atom. The van der Waals surface area contributed by atoms with Crippen LogP contribution in [0.25, 0.3) is 0 Å². The third-order valence-corrected chi connectivity index (χ3v) is 6.05. The minimum atomic E-state index is -1.07. The summed E-state index contributed by atoms with van der Waals surface area (Å²) in [5.41, 5.74) is 1.26. The normalized spacial score (nSPS) is 13.6. The zero-order valence-corrected chi connectivity index (χ0v) is 23.4. The molecule has 0 saturated carbocycles. The molecule has 0 bridgehead atoms. The number of carbonyl (C=O) groups is 3. The van der Waals surface area contributed by atoms with E-state index >= 15 is 0 Å². The van der Waals surface area contributed by atoms with Gasteiger partial charge in [0.05, 0.1) is 13.7 Å². The highest BCUT2D eigenvalue weighted by Crippen LogP contribution is 2.27. The van der Waals surface area contributed by atoms with Gasteiger partial charge < -0.3 is 30.1 Å². The van der Waals surface area contributed by atoms with Gasteiger partial charge in [-0.2, -0.15) is 0 Å². The molecule has 3 amide bonds. The maximum atomic E-state index is 14.0. The predicted molar refractivity (Wildman–Crippen MR) is 147 cm³/mol. The van der Waals surface area contributed by atoms with Gasteiger partial charge in [0.2, 0.25) is 5.91 Å². The van der Waals surface area contributed by atoms with E-state index in [1.54, 1.807) is 58.2 Å². The Labute approximate surface area is 225 Å². The Hall–Kier alpha value is -3.59. The number of aryl methyl sites for hydroxylation is 1. The van der Waals surface area contributed by atoms with E-state index in [2.05, 4.69) is 10.6 Å². The Balaban J connectivity index is 2.49. The number of ether oxygens (including phenoxy) is 2. The molecule has 208 valence electrons. The Bertz CT molecular complexity index is 1080. The summed E-state index contributed by atoms with van der Waals surface area (Å²) >= 11 is 0. The second-order valence-electron chi connectivity index (χ2n) is 10.3. The van der Waals surface area contributed by atoms with E-state index in [0.717, 1.165) is 5.56 Å². The first-order chi connectivity index (χ1) is 17.9. The van der Waals surface area contributed by atoms with E-state index in [0.29, 0.717) is 23.4 Å². The van der Waals surface area contributed by atoms with Crippen molar-refractivity contribution in [2.45, 2.75) is 65.6 Å². The number of aliphatic hydroxyl groups excluding tert-OH is 1. The van der Waals surface area contributed by atoms with Gasteiger partial charge in [-0.15, -0.1) is 0 Å². The number of hydrogen-bond acceptors (Lipinski definition) is 6. The summed E-state index contributed by atoms with van der Waals surface area (Å²) in [6, 6.07) is 12.1. The molecule has 3 atom stereocenters. The monoisotopic (exact) mass is 527 g/mol.